The SMILES string of the molecule is CCNc1cc(-c2cccc3ccccc23)ncn1. The number of anilines is 1. The highest BCUT2D eigenvalue weighted by Gasteiger charge is 2.05. The fourth-order valence-electron chi connectivity index (χ4n) is 2.23. The number of rotatable bonds is 3. The molecule has 3 heteroatoms. The van der Waals surface area contributed by atoms with Crippen molar-refractivity contribution in [3.05, 3.63) is 54.9 Å². The number of aromatic nitrogens is 2. The molecule has 0 aliphatic heterocycles. The van der Waals surface area contributed by atoms with E-state index in [0.717, 1.165) is 23.6 Å². The molecule has 3 rings (SSSR count). The molecule has 0 atom stereocenters. The van der Waals surface area contributed by atoms with Gasteiger partial charge in [-0.3, -0.25) is 0 Å². The van der Waals surface area contributed by atoms with Gasteiger partial charge in [-0.15, -0.1) is 0 Å². The minimum atomic E-state index is 0.853. The summed E-state index contributed by atoms with van der Waals surface area (Å²) in [6.07, 6.45) is 1.61. The summed E-state index contributed by atoms with van der Waals surface area (Å²) in [7, 11) is 0. The summed E-state index contributed by atoms with van der Waals surface area (Å²) in [5.41, 5.74) is 2.09. The molecule has 1 aromatic heterocycles. The van der Waals surface area contributed by atoms with Crippen LogP contribution >= 0.6 is 0 Å². The molecule has 1 N–H and O–H groups in total. The quantitative estimate of drug-likeness (QED) is 0.768. The summed E-state index contributed by atoms with van der Waals surface area (Å²) in [4.78, 5) is 8.60. The lowest BCUT2D eigenvalue weighted by Gasteiger charge is -2.07. The van der Waals surface area contributed by atoms with Gasteiger partial charge < -0.3 is 5.32 Å². The predicted octanol–water partition coefficient (Wildman–Crippen LogP) is 3.73. The molecule has 0 fully saturated rings. The summed E-state index contributed by atoms with van der Waals surface area (Å²) in [6, 6.07) is 16.6. The lowest BCUT2D eigenvalue weighted by molar-refractivity contribution is 1.11. The van der Waals surface area contributed by atoms with Crippen LogP contribution in [0.1, 0.15) is 6.92 Å². The van der Waals surface area contributed by atoms with Crippen molar-refractivity contribution < 1.29 is 0 Å². The Balaban J connectivity index is 2.16. The summed E-state index contributed by atoms with van der Waals surface area (Å²) in [5.74, 6) is 0.862. The van der Waals surface area contributed by atoms with Gasteiger partial charge >= 0.3 is 0 Å². The molecular weight excluding hydrogens is 234 g/mol. The number of hydrogen-bond acceptors (Lipinski definition) is 3. The first kappa shape index (κ1) is 11.7. The van der Waals surface area contributed by atoms with Crippen LogP contribution in [-0.4, -0.2) is 16.5 Å². The van der Waals surface area contributed by atoms with Gasteiger partial charge in [0.2, 0.25) is 0 Å². The van der Waals surface area contributed by atoms with E-state index in [1.54, 1.807) is 6.33 Å². The smallest absolute Gasteiger partial charge is 0.129 e. The molecule has 0 unspecified atom stereocenters. The molecule has 0 spiro atoms. The third-order valence-corrected chi connectivity index (χ3v) is 3.09. The van der Waals surface area contributed by atoms with Crippen molar-refractivity contribution in [1.82, 2.24) is 9.97 Å². The summed E-state index contributed by atoms with van der Waals surface area (Å²) >= 11 is 0. The van der Waals surface area contributed by atoms with E-state index >= 15 is 0 Å². The molecule has 3 nitrogen and oxygen atoms in total. The molecule has 2 aromatic carbocycles. The minimum absolute atomic E-state index is 0.853. The molecule has 0 aliphatic carbocycles. The van der Waals surface area contributed by atoms with Crippen LogP contribution in [0, 0.1) is 0 Å². The van der Waals surface area contributed by atoms with Crippen molar-refractivity contribution in [2.24, 2.45) is 0 Å². The first-order valence-electron chi connectivity index (χ1n) is 6.42. The van der Waals surface area contributed by atoms with Crippen LogP contribution < -0.4 is 5.32 Å². The highest BCUT2D eigenvalue weighted by Crippen LogP contribution is 2.27. The minimum Gasteiger partial charge on any atom is -0.370 e. The molecule has 0 radical (unpaired) electrons. The normalized spacial score (nSPS) is 10.6. The van der Waals surface area contributed by atoms with Crippen LogP contribution in [0.2, 0.25) is 0 Å². The molecule has 0 saturated heterocycles. The van der Waals surface area contributed by atoms with Gasteiger partial charge in [-0.2, -0.15) is 0 Å². The first-order chi connectivity index (χ1) is 9.38. The summed E-state index contributed by atoms with van der Waals surface area (Å²) in [5, 5.41) is 5.65. The van der Waals surface area contributed by atoms with Gasteiger partial charge in [0, 0.05) is 18.2 Å². The molecule has 0 aliphatic rings. The molecule has 0 bridgehead atoms. The Kier molecular flexibility index (Phi) is 3.11. The molecule has 0 amide bonds. The highest BCUT2D eigenvalue weighted by molar-refractivity contribution is 5.95. The average Bonchev–Trinajstić information content (AvgIpc) is 2.47. The lowest BCUT2D eigenvalue weighted by atomic mass is 10.0. The van der Waals surface area contributed by atoms with Crippen LogP contribution in [0.15, 0.2) is 54.9 Å². The van der Waals surface area contributed by atoms with Crippen LogP contribution in [0.25, 0.3) is 22.0 Å². The number of fused-ring (bicyclic) bond motifs is 1. The Hall–Kier alpha value is -2.42. The highest BCUT2D eigenvalue weighted by atomic mass is 15.0. The third-order valence-electron chi connectivity index (χ3n) is 3.09. The van der Waals surface area contributed by atoms with Crippen molar-refractivity contribution in [1.29, 1.82) is 0 Å². The van der Waals surface area contributed by atoms with Crippen molar-refractivity contribution in [3.63, 3.8) is 0 Å². The van der Waals surface area contributed by atoms with Gasteiger partial charge in [-0.05, 0) is 17.7 Å². The van der Waals surface area contributed by atoms with Gasteiger partial charge in [0.05, 0.1) is 5.69 Å². The standard InChI is InChI=1S/C16H15N3/c1-2-17-16-10-15(18-11-19-16)14-9-5-7-12-6-3-4-8-13(12)14/h3-11H,2H2,1H3,(H,17,18,19). The monoisotopic (exact) mass is 249 g/mol. The van der Waals surface area contributed by atoms with Crippen molar-refractivity contribution in [3.8, 4) is 11.3 Å². The van der Waals surface area contributed by atoms with E-state index in [1.165, 1.54) is 10.8 Å². The maximum Gasteiger partial charge on any atom is 0.129 e. The maximum atomic E-state index is 4.39. The number of benzene rings is 2. The van der Waals surface area contributed by atoms with E-state index in [-0.39, 0.29) is 0 Å². The van der Waals surface area contributed by atoms with Gasteiger partial charge in [-0.25, -0.2) is 9.97 Å². The van der Waals surface area contributed by atoms with Crippen molar-refractivity contribution in [2.75, 3.05) is 11.9 Å². The Morgan fingerprint density at radius 1 is 1.00 bits per heavy atom. The van der Waals surface area contributed by atoms with Crippen molar-refractivity contribution in [2.45, 2.75) is 6.92 Å². The van der Waals surface area contributed by atoms with E-state index in [0.29, 0.717) is 0 Å². The zero-order chi connectivity index (χ0) is 13.1. The predicted molar refractivity (Wildman–Crippen MR) is 79.1 cm³/mol. The van der Waals surface area contributed by atoms with E-state index < -0.39 is 0 Å². The van der Waals surface area contributed by atoms with E-state index in [1.807, 2.05) is 6.07 Å². The fraction of sp³-hybridized carbons (Fsp3) is 0.125. The van der Waals surface area contributed by atoms with Crippen LogP contribution in [-0.2, 0) is 0 Å². The van der Waals surface area contributed by atoms with E-state index in [4.69, 9.17) is 0 Å². The second kappa shape index (κ2) is 5.06. The van der Waals surface area contributed by atoms with Crippen LogP contribution in [0.5, 0.6) is 0 Å². The second-order valence-electron chi connectivity index (χ2n) is 4.35. The molecule has 0 saturated carbocycles. The Morgan fingerprint density at radius 2 is 1.84 bits per heavy atom. The van der Waals surface area contributed by atoms with Gasteiger partial charge in [0.15, 0.2) is 0 Å². The van der Waals surface area contributed by atoms with E-state index in [2.05, 4.69) is 64.7 Å². The van der Waals surface area contributed by atoms with Gasteiger partial charge in [0.1, 0.15) is 12.1 Å². The second-order valence-corrected chi connectivity index (χ2v) is 4.35. The topological polar surface area (TPSA) is 37.8 Å². The summed E-state index contributed by atoms with van der Waals surface area (Å²) < 4.78 is 0. The Labute approximate surface area is 112 Å². The Bertz CT molecular complexity index is 702. The van der Waals surface area contributed by atoms with Crippen LogP contribution in [0.3, 0.4) is 0 Å². The molecule has 1 heterocycles. The zero-order valence-electron chi connectivity index (χ0n) is 10.8. The van der Waals surface area contributed by atoms with Crippen LogP contribution in [0.4, 0.5) is 5.82 Å². The van der Waals surface area contributed by atoms with E-state index in [9.17, 15) is 0 Å². The van der Waals surface area contributed by atoms with Gasteiger partial charge in [0.25, 0.3) is 0 Å². The molecule has 94 valence electrons. The third kappa shape index (κ3) is 2.27. The molecule has 3 aromatic rings. The number of nitrogens with one attached hydrogen (secondary N) is 1. The number of nitrogens with zero attached hydrogens (tertiary/aromatic N) is 2. The van der Waals surface area contributed by atoms with Crippen molar-refractivity contribution >= 4 is 16.6 Å². The molecular formula is C16H15N3. The largest absolute Gasteiger partial charge is 0.370 e. The van der Waals surface area contributed by atoms with Gasteiger partial charge in [-0.1, -0.05) is 42.5 Å². The fourth-order valence-corrected chi connectivity index (χ4v) is 2.23. The Morgan fingerprint density at radius 3 is 2.74 bits per heavy atom. The number of hydrogen-bond donors (Lipinski definition) is 1. The zero-order valence-corrected chi connectivity index (χ0v) is 10.8. The lowest BCUT2D eigenvalue weighted by Crippen LogP contribution is -2.00. The maximum absolute atomic E-state index is 4.39. The average molecular weight is 249 g/mol. The molecule has 19 heavy (non-hydrogen) atoms. The first-order valence-corrected chi connectivity index (χ1v) is 6.42. The summed E-state index contributed by atoms with van der Waals surface area (Å²) in [6.45, 7) is 2.91.